The molecule has 19 heavy (non-hydrogen) atoms. The summed E-state index contributed by atoms with van der Waals surface area (Å²) in [6.45, 7) is 0. The van der Waals surface area contributed by atoms with Gasteiger partial charge in [-0.1, -0.05) is 23.8 Å². The Morgan fingerprint density at radius 1 is 1.53 bits per heavy atom. The predicted octanol–water partition coefficient (Wildman–Crippen LogP) is 1.91. The molecule has 0 saturated carbocycles. The van der Waals surface area contributed by atoms with Crippen LogP contribution in [0.2, 0.25) is 0 Å². The summed E-state index contributed by atoms with van der Waals surface area (Å²) in [4.78, 5) is 4.41. The average Bonchev–Trinajstić information content (AvgIpc) is 3.08. The van der Waals surface area contributed by atoms with Gasteiger partial charge in [0.15, 0.2) is 0 Å². The van der Waals surface area contributed by atoms with E-state index in [9.17, 15) is 0 Å². The molecule has 2 heterocycles. The van der Waals surface area contributed by atoms with Crippen LogP contribution in [-0.2, 0) is 0 Å². The minimum Gasteiger partial charge on any atom is -0.424 e. The van der Waals surface area contributed by atoms with E-state index in [0.717, 1.165) is 11.5 Å². The molecule has 2 aliphatic rings. The average molecular weight is 278 g/mol. The van der Waals surface area contributed by atoms with E-state index >= 15 is 0 Å². The molecule has 0 fully saturated rings. The van der Waals surface area contributed by atoms with Gasteiger partial charge in [-0.15, -0.1) is 10.2 Å². The van der Waals surface area contributed by atoms with Crippen LogP contribution >= 0.6 is 11.6 Å². The number of hydrazine groups is 1. The van der Waals surface area contributed by atoms with Gasteiger partial charge in [0.1, 0.15) is 12.5 Å². The van der Waals surface area contributed by atoms with Gasteiger partial charge in [0, 0.05) is 23.2 Å². The van der Waals surface area contributed by atoms with Crippen molar-refractivity contribution < 1.29 is 4.42 Å². The maximum Gasteiger partial charge on any atom is 0.241 e. The number of aliphatic imine (C=N–C) groups is 1. The highest BCUT2D eigenvalue weighted by atomic mass is 35.5. The van der Waals surface area contributed by atoms with Gasteiger partial charge < -0.3 is 4.42 Å². The third-order valence-electron chi connectivity index (χ3n) is 2.86. The zero-order valence-corrected chi connectivity index (χ0v) is 10.7. The van der Waals surface area contributed by atoms with Crippen LogP contribution in [0, 0.1) is 5.92 Å². The van der Waals surface area contributed by atoms with E-state index in [1.807, 2.05) is 12.2 Å². The van der Waals surface area contributed by atoms with Gasteiger partial charge in [-0.3, -0.25) is 10.0 Å². The molecule has 3 rings (SSSR count). The Bertz CT molecular complexity index is 548. The molecular weight excluding hydrogens is 266 g/mol. The lowest BCUT2D eigenvalue weighted by Gasteiger charge is -2.21. The molecule has 7 heteroatoms. The molecule has 0 amide bonds. The van der Waals surface area contributed by atoms with E-state index in [0.29, 0.717) is 5.89 Å². The molecule has 2 atom stereocenters. The minimum absolute atomic E-state index is 0.00830. The van der Waals surface area contributed by atoms with Crippen LogP contribution in [-0.4, -0.2) is 27.7 Å². The monoisotopic (exact) mass is 277 g/mol. The van der Waals surface area contributed by atoms with Crippen LogP contribution < -0.4 is 5.43 Å². The molecule has 98 valence electrons. The minimum atomic E-state index is -0.00830. The van der Waals surface area contributed by atoms with Crippen molar-refractivity contribution in [2.24, 2.45) is 10.9 Å². The van der Waals surface area contributed by atoms with Gasteiger partial charge in [0.2, 0.25) is 12.3 Å². The summed E-state index contributed by atoms with van der Waals surface area (Å²) in [6.07, 6.45) is 13.3. The van der Waals surface area contributed by atoms with E-state index in [-0.39, 0.29) is 12.1 Å². The number of hydrogen-bond acceptors (Lipinski definition) is 6. The number of nitrogens with zero attached hydrogens (tertiary/aromatic N) is 4. The van der Waals surface area contributed by atoms with Crippen molar-refractivity contribution in [3.05, 3.63) is 41.7 Å². The van der Waals surface area contributed by atoms with Gasteiger partial charge >= 0.3 is 0 Å². The van der Waals surface area contributed by atoms with Crippen molar-refractivity contribution in [1.29, 1.82) is 0 Å². The lowest BCUT2D eigenvalue weighted by atomic mass is 9.98. The number of rotatable bonds is 3. The number of allylic oxidation sites excluding steroid dienone is 3. The largest absolute Gasteiger partial charge is 0.424 e. The normalized spacial score (nSPS) is 26.4. The molecule has 0 aromatic carbocycles. The van der Waals surface area contributed by atoms with Crippen molar-refractivity contribution in [3.63, 3.8) is 0 Å². The topological polar surface area (TPSA) is 66.5 Å². The Morgan fingerprint density at radius 2 is 2.47 bits per heavy atom. The van der Waals surface area contributed by atoms with Gasteiger partial charge in [-0.25, -0.2) is 5.43 Å². The quantitative estimate of drug-likeness (QED) is 0.914. The molecule has 1 aliphatic carbocycles. The fourth-order valence-corrected chi connectivity index (χ4v) is 2.18. The lowest BCUT2D eigenvalue weighted by molar-refractivity contribution is 0.332. The second-order valence-electron chi connectivity index (χ2n) is 4.20. The molecule has 0 bridgehead atoms. The first-order valence-electron chi connectivity index (χ1n) is 5.86. The zero-order chi connectivity index (χ0) is 13.1. The molecule has 1 aromatic heterocycles. The van der Waals surface area contributed by atoms with Crippen molar-refractivity contribution in [2.75, 3.05) is 0 Å². The predicted molar refractivity (Wildman–Crippen MR) is 71.8 cm³/mol. The first-order chi connectivity index (χ1) is 9.31. The molecule has 1 N–H and O–H groups in total. The summed E-state index contributed by atoms with van der Waals surface area (Å²) in [5, 5.41) is 9.96. The fourth-order valence-electron chi connectivity index (χ4n) is 1.93. The van der Waals surface area contributed by atoms with E-state index in [1.165, 1.54) is 6.39 Å². The summed E-state index contributed by atoms with van der Waals surface area (Å²) < 4.78 is 5.01. The van der Waals surface area contributed by atoms with Gasteiger partial charge in [-0.2, -0.15) is 0 Å². The Kier molecular flexibility index (Phi) is 3.43. The van der Waals surface area contributed by atoms with Crippen LogP contribution in [0.15, 0.2) is 45.3 Å². The zero-order valence-electron chi connectivity index (χ0n) is 9.98. The molecule has 1 aromatic rings. The third-order valence-corrected chi connectivity index (χ3v) is 3.14. The second kappa shape index (κ2) is 5.38. The SMILES string of the molecule is ClC1=CC=CC(C2N=CN(C=Cc3nnco3)N2)C1. The molecule has 0 saturated heterocycles. The van der Waals surface area contributed by atoms with Crippen molar-refractivity contribution in [1.82, 2.24) is 20.6 Å². The molecule has 2 unspecified atom stereocenters. The number of hydrogen-bond donors (Lipinski definition) is 1. The number of halogens is 1. The van der Waals surface area contributed by atoms with Crippen molar-refractivity contribution >= 4 is 24.0 Å². The van der Waals surface area contributed by atoms with Crippen LogP contribution in [0.1, 0.15) is 12.3 Å². The first kappa shape index (κ1) is 12.1. The molecular formula is C12H12ClN5O. The summed E-state index contributed by atoms with van der Waals surface area (Å²) in [6, 6.07) is 0. The Balaban J connectivity index is 1.58. The maximum atomic E-state index is 6.03. The highest BCUT2D eigenvalue weighted by molar-refractivity contribution is 6.29. The standard InChI is InChI=1S/C12H12ClN5O/c13-10-3-1-2-9(6-10)12-14-7-18(17-12)5-4-11-16-15-8-19-11/h1-5,7-9,12,17H,6H2. The number of aromatic nitrogens is 2. The first-order valence-corrected chi connectivity index (χ1v) is 6.24. The highest BCUT2D eigenvalue weighted by Crippen LogP contribution is 2.25. The third kappa shape index (κ3) is 2.91. The second-order valence-corrected chi connectivity index (χ2v) is 4.69. The van der Waals surface area contributed by atoms with Gasteiger partial charge in [0.25, 0.3) is 0 Å². The van der Waals surface area contributed by atoms with E-state index in [4.69, 9.17) is 16.0 Å². The van der Waals surface area contributed by atoms with Crippen molar-refractivity contribution in [2.45, 2.75) is 12.6 Å². The lowest BCUT2D eigenvalue weighted by Crippen LogP contribution is -2.37. The Morgan fingerprint density at radius 3 is 3.26 bits per heavy atom. The van der Waals surface area contributed by atoms with Gasteiger partial charge in [0.05, 0.1) is 0 Å². The van der Waals surface area contributed by atoms with Crippen LogP contribution in [0.25, 0.3) is 6.08 Å². The summed E-state index contributed by atoms with van der Waals surface area (Å²) in [5.41, 5.74) is 3.24. The molecule has 0 radical (unpaired) electrons. The van der Waals surface area contributed by atoms with E-state index in [2.05, 4.69) is 26.7 Å². The van der Waals surface area contributed by atoms with Crippen LogP contribution in [0.4, 0.5) is 0 Å². The van der Waals surface area contributed by atoms with Crippen LogP contribution in [0.3, 0.4) is 0 Å². The summed E-state index contributed by atoms with van der Waals surface area (Å²) in [5.74, 6) is 0.706. The molecule has 1 aliphatic heterocycles. The molecule has 0 spiro atoms. The van der Waals surface area contributed by atoms with Crippen molar-refractivity contribution in [3.8, 4) is 0 Å². The van der Waals surface area contributed by atoms with E-state index < -0.39 is 0 Å². The molecule has 6 nitrogen and oxygen atoms in total. The summed E-state index contributed by atoms with van der Waals surface area (Å²) in [7, 11) is 0. The fraction of sp³-hybridized carbons (Fsp3) is 0.250. The Labute approximate surface area is 115 Å². The number of nitrogens with one attached hydrogen (secondary N) is 1. The highest BCUT2D eigenvalue weighted by Gasteiger charge is 2.24. The smallest absolute Gasteiger partial charge is 0.241 e. The Hall–Kier alpha value is -1.92. The maximum absolute atomic E-state index is 6.03. The van der Waals surface area contributed by atoms with E-state index in [1.54, 1.807) is 23.6 Å². The van der Waals surface area contributed by atoms with Crippen LogP contribution in [0.5, 0.6) is 0 Å². The van der Waals surface area contributed by atoms with Gasteiger partial charge in [-0.05, 0) is 12.5 Å². The summed E-state index contributed by atoms with van der Waals surface area (Å²) >= 11 is 6.03.